The van der Waals surface area contributed by atoms with Gasteiger partial charge in [-0.15, -0.1) is 0 Å². The van der Waals surface area contributed by atoms with E-state index in [1.807, 2.05) is 13.8 Å². The fourth-order valence-corrected chi connectivity index (χ4v) is 2.05. The molecule has 7 heteroatoms. The summed E-state index contributed by atoms with van der Waals surface area (Å²) in [4.78, 5) is 19.4. The molecule has 1 heterocycles. The number of alkyl halides is 3. The monoisotopic (exact) mass is 312 g/mol. The van der Waals surface area contributed by atoms with Crippen LogP contribution >= 0.6 is 0 Å². The Morgan fingerprint density at radius 2 is 1.95 bits per heavy atom. The van der Waals surface area contributed by atoms with E-state index >= 15 is 0 Å². The second-order valence-corrected chi connectivity index (χ2v) is 5.46. The third-order valence-corrected chi connectivity index (χ3v) is 3.22. The van der Waals surface area contributed by atoms with Gasteiger partial charge in [0.1, 0.15) is 5.82 Å². The summed E-state index contributed by atoms with van der Waals surface area (Å²) >= 11 is 0. The molecule has 1 N–H and O–H groups in total. The molecule has 0 saturated carbocycles. The zero-order chi connectivity index (χ0) is 16.5. The quantitative estimate of drug-likeness (QED) is 0.929. The molecule has 0 aliphatic rings. The minimum atomic E-state index is -4.54. The maximum Gasteiger partial charge on any atom is 0.416 e. The van der Waals surface area contributed by atoms with Crippen molar-refractivity contribution in [1.82, 2.24) is 9.97 Å². The number of nitrogens with zero attached hydrogens (tertiary/aromatic N) is 2. The summed E-state index contributed by atoms with van der Waals surface area (Å²) in [7, 11) is 0. The highest BCUT2D eigenvalue weighted by Crippen LogP contribution is 2.31. The van der Waals surface area contributed by atoms with Crippen molar-refractivity contribution >= 4 is 16.9 Å². The van der Waals surface area contributed by atoms with Crippen molar-refractivity contribution in [2.24, 2.45) is 5.92 Å². The summed E-state index contributed by atoms with van der Waals surface area (Å²) in [5.74, 6) is -0.643. The molecule has 2 aromatic rings. The summed E-state index contributed by atoms with van der Waals surface area (Å²) in [6.45, 7) is 4.02. The van der Waals surface area contributed by atoms with Crippen LogP contribution in [0.3, 0.4) is 0 Å². The molecule has 0 amide bonds. The molecule has 0 aliphatic heterocycles. The van der Waals surface area contributed by atoms with Crippen molar-refractivity contribution in [1.29, 1.82) is 0 Å². The molecule has 0 aliphatic carbocycles. The lowest BCUT2D eigenvalue weighted by Crippen LogP contribution is -2.10. The number of fused-ring (bicyclic) bond motifs is 1. The molecule has 0 fully saturated rings. The van der Waals surface area contributed by atoms with E-state index in [2.05, 4.69) is 9.97 Å². The third kappa shape index (κ3) is 3.52. The number of aromatic nitrogens is 2. The first-order valence-corrected chi connectivity index (χ1v) is 6.79. The van der Waals surface area contributed by atoms with Crippen molar-refractivity contribution in [2.75, 3.05) is 0 Å². The minimum Gasteiger partial charge on any atom is -0.476 e. The van der Waals surface area contributed by atoms with E-state index < -0.39 is 23.4 Å². The fraction of sp³-hybridized carbons (Fsp3) is 0.400. The Morgan fingerprint density at radius 3 is 2.50 bits per heavy atom. The molecular formula is C15H15F3N2O2. The highest BCUT2D eigenvalue weighted by atomic mass is 19.4. The smallest absolute Gasteiger partial charge is 0.416 e. The van der Waals surface area contributed by atoms with Gasteiger partial charge < -0.3 is 5.11 Å². The first-order valence-electron chi connectivity index (χ1n) is 6.79. The predicted octanol–water partition coefficient (Wildman–Crippen LogP) is 3.94. The molecule has 0 unspecified atom stereocenters. The van der Waals surface area contributed by atoms with Gasteiger partial charge in [-0.05, 0) is 30.5 Å². The topological polar surface area (TPSA) is 63.1 Å². The average Bonchev–Trinajstić information content (AvgIpc) is 2.42. The summed E-state index contributed by atoms with van der Waals surface area (Å²) in [5, 5.41) is 9.11. The van der Waals surface area contributed by atoms with Crippen LogP contribution in [0.15, 0.2) is 18.2 Å². The number of carboxylic acid groups (broad SMARTS) is 1. The molecule has 4 nitrogen and oxygen atoms in total. The second kappa shape index (κ2) is 5.90. The van der Waals surface area contributed by atoms with Crippen molar-refractivity contribution < 1.29 is 23.1 Å². The van der Waals surface area contributed by atoms with Crippen LogP contribution in [-0.4, -0.2) is 21.0 Å². The van der Waals surface area contributed by atoms with Crippen LogP contribution in [0.5, 0.6) is 0 Å². The van der Waals surface area contributed by atoms with Crippen molar-refractivity contribution in [3.63, 3.8) is 0 Å². The lowest BCUT2D eigenvalue weighted by atomic mass is 10.1. The highest BCUT2D eigenvalue weighted by Gasteiger charge is 2.31. The van der Waals surface area contributed by atoms with E-state index in [4.69, 9.17) is 0 Å². The van der Waals surface area contributed by atoms with Gasteiger partial charge in [0, 0.05) is 11.8 Å². The van der Waals surface area contributed by atoms with E-state index in [0.717, 1.165) is 18.6 Å². The maximum absolute atomic E-state index is 12.7. The van der Waals surface area contributed by atoms with E-state index in [1.165, 1.54) is 6.07 Å². The SMILES string of the molecule is CC(C)CCc1nc(C(=O)O)c2cc(C(F)(F)F)ccc2n1. The molecule has 0 saturated heterocycles. The largest absolute Gasteiger partial charge is 0.476 e. The summed E-state index contributed by atoms with van der Waals surface area (Å²) in [6.07, 6.45) is -3.29. The first kappa shape index (κ1) is 16.2. The minimum absolute atomic E-state index is 0.101. The number of rotatable bonds is 4. The van der Waals surface area contributed by atoms with Crippen molar-refractivity contribution in [3.8, 4) is 0 Å². The number of hydrogen-bond donors (Lipinski definition) is 1. The van der Waals surface area contributed by atoms with Gasteiger partial charge in [0.2, 0.25) is 0 Å². The molecular weight excluding hydrogens is 297 g/mol. The van der Waals surface area contributed by atoms with E-state index in [0.29, 0.717) is 18.2 Å². The van der Waals surface area contributed by atoms with Gasteiger partial charge in [-0.1, -0.05) is 13.8 Å². The van der Waals surface area contributed by atoms with E-state index in [9.17, 15) is 23.1 Å². The van der Waals surface area contributed by atoms with Gasteiger partial charge in [0.15, 0.2) is 5.69 Å². The number of aromatic carboxylic acids is 1. The Hall–Kier alpha value is -2.18. The number of benzene rings is 1. The number of carboxylic acids is 1. The molecule has 2 rings (SSSR count). The zero-order valence-electron chi connectivity index (χ0n) is 12.1. The lowest BCUT2D eigenvalue weighted by molar-refractivity contribution is -0.137. The summed E-state index contributed by atoms with van der Waals surface area (Å²) < 4.78 is 38.2. The number of carbonyl (C=O) groups is 1. The van der Waals surface area contributed by atoms with E-state index in [-0.39, 0.29) is 10.9 Å². The molecule has 0 atom stereocenters. The average molecular weight is 312 g/mol. The number of hydrogen-bond acceptors (Lipinski definition) is 3. The summed E-state index contributed by atoms with van der Waals surface area (Å²) in [6, 6.07) is 2.86. The maximum atomic E-state index is 12.7. The number of halogens is 3. The Bertz CT molecular complexity index is 712. The normalized spacial score (nSPS) is 12.1. The number of aryl methyl sites for hydroxylation is 1. The van der Waals surface area contributed by atoms with Crippen LogP contribution in [0, 0.1) is 5.92 Å². The van der Waals surface area contributed by atoms with Crippen molar-refractivity contribution in [2.45, 2.75) is 32.9 Å². The molecule has 1 aromatic heterocycles. The first-order chi connectivity index (χ1) is 10.2. The van der Waals surface area contributed by atoms with Gasteiger partial charge in [0.25, 0.3) is 0 Å². The molecule has 0 spiro atoms. The third-order valence-electron chi connectivity index (χ3n) is 3.22. The van der Waals surface area contributed by atoms with Gasteiger partial charge in [-0.2, -0.15) is 13.2 Å². The highest BCUT2D eigenvalue weighted by molar-refractivity contribution is 6.00. The van der Waals surface area contributed by atoms with Gasteiger partial charge >= 0.3 is 12.1 Å². The van der Waals surface area contributed by atoms with Crippen LogP contribution in [0.25, 0.3) is 10.9 Å². The molecule has 0 bridgehead atoms. The summed E-state index contributed by atoms with van der Waals surface area (Å²) in [5.41, 5.74) is -1.10. The van der Waals surface area contributed by atoms with Crippen LogP contribution in [0.2, 0.25) is 0 Å². The van der Waals surface area contributed by atoms with Crippen LogP contribution < -0.4 is 0 Å². The van der Waals surface area contributed by atoms with Crippen LogP contribution in [0.1, 0.15) is 42.1 Å². The van der Waals surface area contributed by atoms with Crippen molar-refractivity contribution in [3.05, 3.63) is 35.3 Å². The molecule has 22 heavy (non-hydrogen) atoms. The van der Waals surface area contributed by atoms with Gasteiger partial charge in [0.05, 0.1) is 11.1 Å². The Kier molecular flexibility index (Phi) is 4.35. The molecule has 0 radical (unpaired) electrons. The standard InChI is InChI=1S/C15H15F3N2O2/c1-8(2)3-6-12-19-11-5-4-9(15(16,17)18)7-10(11)13(20-12)14(21)22/h4-5,7-8H,3,6H2,1-2H3,(H,21,22). The van der Waals surface area contributed by atoms with Crippen LogP contribution in [-0.2, 0) is 12.6 Å². The van der Waals surface area contributed by atoms with Crippen LogP contribution in [0.4, 0.5) is 13.2 Å². The Balaban J connectivity index is 2.57. The molecule has 118 valence electrons. The zero-order valence-corrected chi connectivity index (χ0v) is 12.1. The van der Waals surface area contributed by atoms with Gasteiger partial charge in [-0.25, -0.2) is 14.8 Å². The Morgan fingerprint density at radius 1 is 1.27 bits per heavy atom. The molecule has 1 aromatic carbocycles. The van der Waals surface area contributed by atoms with Gasteiger partial charge in [-0.3, -0.25) is 0 Å². The predicted molar refractivity (Wildman–Crippen MR) is 74.7 cm³/mol. The second-order valence-electron chi connectivity index (χ2n) is 5.46. The lowest BCUT2D eigenvalue weighted by Gasteiger charge is -2.10. The fourth-order valence-electron chi connectivity index (χ4n) is 2.05. The van der Waals surface area contributed by atoms with E-state index in [1.54, 1.807) is 0 Å². The Labute approximate surface area is 125 Å².